The molecule has 0 saturated carbocycles. The van der Waals surface area contributed by atoms with Gasteiger partial charge in [-0.2, -0.15) is 0 Å². The Labute approximate surface area is 119 Å². The number of likely N-dealkylation sites (tertiary alicyclic amines) is 1. The molecule has 1 fully saturated rings. The summed E-state index contributed by atoms with van der Waals surface area (Å²) in [7, 11) is 4.14. The molecule has 0 bridgehead atoms. The van der Waals surface area contributed by atoms with E-state index in [0.717, 1.165) is 18.7 Å². The maximum Gasteiger partial charge on any atom is 0.269 e. The van der Waals surface area contributed by atoms with E-state index in [1.165, 1.54) is 18.9 Å². The summed E-state index contributed by atoms with van der Waals surface area (Å²) in [5.41, 5.74) is 7.55. The molecule has 1 aliphatic heterocycles. The maximum absolute atomic E-state index is 10.9. The highest BCUT2D eigenvalue weighted by Crippen LogP contribution is 2.25. The van der Waals surface area contributed by atoms with Gasteiger partial charge in [-0.3, -0.25) is 15.0 Å². The largest absolute Gasteiger partial charge is 0.398 e. The van der Waals surface area contributed by atoms with E-state index in [-0.39, 0.29) is 10.6 Å². The van der Waals surface area contributed by atoms with Crippen LogP contribution in [-0.2, 0) is 6.54 Å². The average molecular weight is 278 g/mol. The zero-order valence-corrected chi connectivity index (χ0v) is 12.1. The predicted octanol–water partition coefficient (Wildman–Crippen LogP) is 1.70. The lowest BCUT2D eigenvalue weighted by Gasteiger charge is -2.27. The van der Waals surface area contributed by atoms with E-state index in [1.807, 2.05) is 0 Å². The Morgan fingerprint density at radius 2 is 2.25 bits per heavy atom. The van der Waals surface area contributed by atoms with E-state index in [2.05, 4.69) is 23.9 Å². The SMILES string of the molecule is CN(C)CC1CCCN1Cc1cc([N+](=O)[O-])ccc1N. The number of likely N-dealkylation sites (N-methyl/N-ethyl adjacent to an activating group) is 1. The standard InChI is InChI=1S/C14H22N4O2/c1-16(2)10-13-4-3-7-17(13)9-11-8-12(18(19)20)5-6-14(11)15/h5-6,8,13H,3-4,7,9-10,15H2,1-2H3. The Morgan fingerprint density at radius 1 is 1.50 bits per heavy atom. The summed E-state index contributed by atoms with van der Waals surface area (Å²) in [5.74, 6) is 0. The Kier molecular flexibility index (Phi) is 4.57. The van der Waals surface area contributed by atoms with Crippen molar-refractivity contribution in [1.29, 1.82) is 0 Å². The fraction of sp³-hybridized carbons (Fsp3) is 0.571. The van der Waals surface area contributed by atoms with Crippen LogP contribution < -0.4 is 5.73 Å². The van der Waals surface area contributed by atoms with Crippen LogP contribution in [0.25, 0.3) is 0 Å². The first-order valence-corrected chi connectivity index (χ1v) is 6.89. The third-order valence-electron chi connectivity index (χ3n) is 3.79. The first kappa shape index (κ1) is 14.7. The van der Waals surface area contributed by atoms with Crippen molar-refractivity contribution >= 4 is 11.4 Å². The van der Waals surface area contributed by atoms with Gasteiger partial charge in [-0.05, 0) is 45.1 Å². The molecule has 0 amide bonds. The van der Waals surface area contributed by atoms with Crippen LogP contribution >= 0.6 is 0 Å². The van der Waals surface area contributed by atoms with E-state index >= 15 is 0 Å². The second-order valence-electron chi connectivity index (χ2n) is 5.67. The van der Waals surface area contributed by atoms with Gasteiger partial charge in [0.2, 0.25) is 0 Å². The Balaban J connectivity index is 2.12. The smallest absolute Gasteiger partial charge is 0.269 e. The molecule has 1 aromatic carbocycles. The zero-order valence-electron chi connectivity index (χ0n) is 12.1. The van der Waals surface area contributed by atoms with Crippen LogP contribution in [0.1, 0.15) is 18.4 Å². The number of nitrogens with two attached hydrogens (primary N) is 1. The number of benzene rings is 1. The van der Waals surface area contributed by atoms with E-state index in [1.54, 1.807) is 12.1 Å². The van der Waals surface area contributed by atoms with Crippen molar-refractivity contribution in [2.75, 3.05) is 32.9 Å². The highest BCUT2D eigenvalue weighted by molar-refractivity contribution is 5.52. The quantitative estimate of drug-likeness (QED) is 0.504. The van der Waals surface area contributed by atoms with Gasteiger partial charge in [-0.1, -0.05) is 0 Å². The summed E-state index contributed by atoms with van der Waals surface area (Å²) < 4.78 is 0. The monoisotopic (exact) mass is 278 g/mol. The minimum Gasteiger partial charge on any atom is -0.398 e. The van der Waals surface area contributed by atoms with Crippen LogP contribution in [-0.4, -0.2) is 47.9 Å². The maximum atomic E-state index is 10.9. The van der Waals surface area contributed by atoms with Gasteiger partial charge in [0.25, 0.3) is 5.69 Å². The average Bonchev–Trinajstić information content (AvgIpc) is 2.78. The van der Waals surface area contributed by atoms with Crippen molar-refractivity contribution in [2.45, 2.75) is 25.4 Å². The molecule has 0 spiro atoms. The molecule has 0 aromatic heterocycles. The molecule has 1 aromatic rings. The second kappa shape index (κ2) is 6.19. The van der Waals surface area contributed by atoms with Crippen LogP contribution in [0, 0.1) is 10.1 Å². The molecule has 1 unspecified atom stereocenters. The summed E-state index contributed by atoms with van der Waals surface area (Å²) >= 11 is 0. The van der Waals surface area contributed by atoms with Gasteiger partial charge in [0.1, 0.15) is 0 Å². The summed E-state index contributed by atoms with van der Waals surface area (Å²) in [5, 5.41) is 10.9. The van der Waals surface area contributed by atoms with Gasteiger partial charge in [0.05, 0.1) is 4.92 Å². The minimum atomic E-state index is -0.371. The summed E-state index contributed by atoms with van der Waals surface area (Å²) in [6.45, 7) is 2.72. The second-order valence-corrected chi connectivity index (χ2v) is 5.67. The molecule has 110 valence electrons. The van der Waals surface area contributed by atoms with Gasteiger partial charge >= 0.3 is 0 Å². The van der Waals surface area contributed by atoms with Gasteiger partial charge in [-0.15, -0.1) is 0 Å². The third-order valence-corrected chi connectivity index (χ3v) is 3.79. The number of nitro groups is 1. The fourth-order valence-electron chi connectivity index (χ4n) is 2.79. The van der Waals surface area contributed by atoms with Crippen molar-refractivity contribution in [3.05, 3.63) is 33.9 Å². The molecular formula is C14H22N4O2. The first-order valence-electron chi connectivity index (χ1n) is 6.89. The zero-order chi connectivity index (χ0) is 14.7. The number of nitro benzene ring substituents is 1. The highest BCUT2D eigenvalue weighted by atomic mass is 16.6. The van der Waals surface area contributed by atoms with Crippen molar-refractivity contribution in [1.82, 2.24) is 9.80 Å². The molecule has 1 atom stereocenters. The van der Waals surface area contributed by atoms with Crippen LogP contribution in [0.2, 0.25) is 0 Å². The Hall–Kier alpha value is -1.66. The molecule has 2 N–H and O–H groups in total. The number of anilines is 1. The fourth-order valence-corrected chi connectivity index (χ4v) is 2.79. The lowest BCUT2D eigenvalue weighted by Crippen LogP contribution is -2.37. The number of hydrogen-bond donors (Lipinski definition) is 1. The number of nitrogen functional groups attached to an aromatic ring is 1. The van der Waals surface area contributed by atoms with Gasteiger partial charge in [0, 0.05) is 37.0 Å². The molecule has 6 nitrogen and oxygen atoms in total. The molecule has 1 heterocycles. The predicted molar refractivity (Wildman–Crippen MR) is 79.5 cm³/mol. The van der Waals surface area contributed by atoms with Crippen LogP contribution in [0.3, 0.4) is 0 Å². The van der Waals surface area contributed by atoms with Crippen molar-refractivity contribution in [3.8, 4) is 0 Å². The number of non-ortho nitro benzene ring substituents is 1. The van der Waals surface area contributed by atoms with Crippen molar-refractivity contribution in [3.63, 3.8) is 0 Å². The molecule has 0 radical (unpaired) electrons. The Morgan fingerprint density at radius 3 is 2.90 bits per heavy atom. The highest BCUT2D eigenvalue weighted by Gasteiger charge is 2.25. The number of hydrogen-bond acceptors (Lipinski definition) is 5. The van der Waals surface area contributed by atoms with Crippen LogP contribution in [0.5, 0.6) is 0 Å². The van der Waals surface area contributed by atoms with Crippen LogP contribution in [0.15, 0.2) is 18.2 Å². The molecule has 2 rings (SSSR count). The molecule has 1 saturated heterocycles. The minimum absolute atomic E-state index is 0.109. The Bertz CT molecular complexity index is 490. The van der Waals surface area contributed by atoms with Gasteiger partial charge in [-0.25, -0.2) is 0 Å². The number of rotatable bonds is 5. The molecule has 20 heavy (non-hydrogen) atoms. The normalized spacial score (nSPS) is 19.6. The molecule has 0 aliphatic carbocycles. The molecule has 6 heteroatoms. The lowest BCUT2D eigenvalue weighted by atomic mass is 10.1. The summed E-state index contributed by atoms with van der Waals surface area (Å²) in [6, 6.07) is 5.19. The lowest BCUT2D eigenvalue weighted by molar-refractivity contribution is -0.384. The topological polar surface area (TPSA) is 75.6 Å². The summed E-state index contributed by atoms with van der Waals surface area (Å²) in [6.07, 6.45) is 2.35. The van der Waals surface area contributed by atoms with E-state index in [0.29, 0.717) is 18.3 Å². The van der Waals surface area contributed by atoms with E-state index in [9.17, 15) is 10.1 Å². The molecule has 1 aliphatic rings. The van der Waals surface area contributed by atoms with E-state index in [4.69, 9.17) is 5.73 Å². The third kappa shape index (κ3) is 3.46. The van der Waals surface area contributed by atoms with Crippen molar-refractivity contribution < 1.29 is 4.92 Å². The first-order chi connectivity index (χ1) is 9.47. The van der Waals surface area contributed by atoms with Gasteiger partial charge < -0.3 is 10.6 Å². The van der Waals surface area contributed by atoms with E-state index < -0.39 is 0 Å². The summed E-state index contributed by atoms with van der Waals surface area (Å²) in [4.78, 5) is 15.0. The number of nitrogens with zero attached hydrogens (tertiary/aromatic N) is 3. The van der Waals surface area contributed by atoms with Crippen molar-refractivity contribution in [2.24, 2.45) is 0 Å². The molecular weight excluding hydrogens is 256 g/mol. The van der Waals surface area contributed by atoms with Crippen LogP contribution in [0.4, 0.5) is 11.4 Å². The van der Waals surface area contributed by atoms with Gasteiger partial charge in [0.15, 0.2) is 0 Å².